The number of hydrogen-bond acceptors (Lipinski definition) is 3. The highest BCUT2D eigenvalue weighted by molar-refractivity contribution is 7.99. The molecule has 0 atom stereocenters. The number of carbonyl (C=O) groups excluding carboxylic acids is 1. The minimum atomic E-state index is -0.213. The van der Waals surface area contributed by atoms with Gasteiger partial charge in [-0.3, -0.25) is 4.79 Å². The predicted molar refractivity (Wildman–Crippen MR) is 83.4 cm³/mol. The van der Waals surface area contributed by atoms with E-state index in [1.807, 2.05) is 18.2 Å². The first-order chi connectivity index (χ1) is 10.1. The van der Waals surface area contributed by atoms with E-state index in [9.17, 15) is 9.18 Å². The zero-order valence-electron chi connectivity index (χ0n) is 11.6. The van der Waals surface area contributed by atoms with Crippen LogP contribution in [0.5, 0.6) is 5.75 Å². The lowest BCUT2D eigenvalue weighted by molar-refractivity contribution is -0.114. The van der Waals surface area contributed by atoms with Crippen molar-refractivity contribution in [2.75, 3.05) is 17.7 Å². The predicted octanol–water partition coefficient (Wildman–Crippen LogP) is 3.96. The van der Waals surface area contributed by atoms with Crippen molar-refractivity contribution in [3.8, 4) is 5.75 Å². The van der Waals surface area contributed by atoms with Gasteiger partial charge in [0.25, 0.3) is 0 Å². The van der Waals surface area contributed by atoms with Gasteiger partial charge in [-0.1, -0.05) is 18.2 Å². The van der Waals surface area contributed by atoms with E-state index in [0.29, 0.717) is 28.7 Å². The molecule has 21 heavy (non-hydrogen) atoms. The van der Waals surface area contributed by atoms with Gasteiger partial charge < -0.3 is 10.1 Å². The molecular formula is C16H16FNO2S. The maximum atomic E-state index is 13.4. The van der Waals surface area contributed by atoms with Crippen LogP contribution < -0.4 is 10.1 Å². The van der Waals surface area contributed by atoms with E-state index in [1.54, 1.807) is 24.3 Å². The van der Waals surface area contributed by atoms with Crippen molar-refractivity contribution in [3.63, 3.8) is 0 Å². The molecule has 2 aromatic carbocycles. The van der Waals surface area contributed by atoms with Gasteiger partial charge in [-0.15, -0.1) is 11.8 Å². The summed E-state index contributed by atoms with van der Waals surface area (Å²) in [5.41, 5.74) is 0.696. The van der Waals surface area contributed by atoms with E-state index in [2.05, 4.69) is 5.32 Å². The van der Waals surface area contributed by atoms with Crippen LogP contribution in [0, 0.1) is 5.82 Å². The second kappa shape index (κ2) is 7.69. The minimum absolute atomic E-state index is 0.123. The zero-order valence-corrected chi connectivity index (χ0v) is 12.5. The quantitative estimate of drug-likeness (QED) is 0.648. The summed E-state index contributed by atoms with van der Waals surface area (Å²) in [6.45, 7) is 1.92. The molecule has 0 aromatic heterocycles. The Kier molecular flexibility index (Phi) is 5.63. The molecule has 3 nitrogen and oxygen atoms in total. The Morgan fingerprint density at radius 2 is 2.05 bits per heavy atom. The molecule has 0 radical (unpaired) electrons. The van der Waals surface area contributed by atoms with Gasteiger partial charge in [-0.05, 0) is 24.3 Å². The molecule has 1 N–H and O–H groups in total. The van der Waals surface area contributed by atoms with E-state index in [-0.39, 0.29) is 11.7 Å². The first kappa shape index (κ1) is 15.4. The fraction of sp³-hybridized carbons (Fsp3) is 0.188. The third-order valence-electron chi connectivity index (χ3n) is 2.60. The summed E-state index contributed by atoms with van der Waals surface area (Å²) in [7, 11) is 0. The topological polar surface area (TPSA) is 38.3 Å². The van der Waals surface area contributed by atoms with E-state index in [1.165, 1.54) is 24.8 Å². The molecule has 2 rings (SSSR count). The molecule has 0 aliphatic rings. The molecule has 110 valence electrons. The maximum absolute atomic E-state index is 13.4. The SMILES string of the molecule is CC(=O)Nc1cccc(OCCSc2ccccc2F)c1. The first-order valence-electron chi connectivity index (χ1n) is 6.53. The summed E-state index contributed by atoms with van der Waals surface area (Å²) in [5.74, 6) is 0.985. The van der Waals surface area contributed by atoms with Crippen LogP contribution in [0.3, 0.4) is 0 Å². The summed E-state index contributed by atoms with van der Waals surface area (Å²) < 4.78 is 19.0. The largest absolute Gasteiger partial charge is 0.493 e. The summed E-state index contributed by atoms with van der Waals surface area (Å²) in [4.78, 5) is 11.6. The van der Waals surface area contributed by atoms with Crippen molar-refractivity contribution >= 4 is 23.4 Å². The number of ether oxygens (including phenoxy) is 1. The van der Waals surface area contributed by atoms with Crippen LogP contribution in [0.1, 0.15) is 6.92 Å². The Hall–Kier alpha value is -2.01. The van der Waals surface area contributed by atoms with Gasteiger partial charge >= 0.3 is 0 Å². The third kappa shape index (κ3) is 5.11. The Bertz CT molecular complexity index is 619. The van der Waals surface area contributed by atoms with Crippen molar-refractivity contribution in [2.45, 2.75) is 11.8 Å². The molecule has 0 fully saturated rings. The smallest absolute Gasteiger partial charge is 0.221 e. The number of hydrogen-bond donors (Lipinski definition) is 1. The second-order valence-electron chi connectivity index (χ2n) is 4.34. The van der Waals surface area contributed by atoms with Crippen molar-refractivity contribution in [3.05, 3.63) is 54.3 Å². The van der Waals surface area contributed by atoms with Crippen LogP contribution in [0.25, 0.3) is 0 Å². The fourth-order valence-corrected chi connectivity index (χ4v) is 2.51. The summed E-state index contributed by atoms with van der Waals surface area (Å²) in [6.07, 6.45) is 0. The Morgan fingerprint density at radius 1 is 1.24 bits per heavy atom. The molecule has 0 saturated heterocycles. The molecule has 0 aliphatic heterocycles. The van der Waals surface area contributed by atoms with Gasteiger partial charge in [0.2, 0.25) is 5.91 Å². The Labute approximate surface area is 127 Å². The number of benzene rings is 2. The molecule has 0 heterocycles. The Morgan fingerprint density at radius 3 is 2.81 bits per heavy atom. The highest BCUT2D eigenvalue weighted by Gasteiger charge is 2.02. The van der Waals surface area contributed by atoms with Crippen LogP contribution in [-0.2, 0) is 4.79 Å². The number of rotatable bonds is 6. The monoisotopic (exact) mass is 305 g/mol. The van der Waals surface area contributed by atoms with Crippen molar-refractivity contribution in [1.82, 2.24) is 0 Å². The van der Waals surface area contributed by atoms with Gasteiger partial charge in [0.1, 0.15) is 11.6 Å². The van der Waals surface area contributed by atoms with Gasteiger partial charge in [-0.25, -0.2) is 4.39 Å². The van der Waals surface area contributed by atoms with Crippen molar-refractivity contribution in [1.29, 1.82) is 0 Å². The molecule has 2 aromatic rings. The maximum Gasteiger partial charge on any atom is 0.221 e. The van der Waals surface area contributed by atoms with Crippen LogP contribution in [0.15, 0.2) is 53.4 Å². The lowest BCUT2D eigenvalue weighted by Crippen LogP contribution is -2.06. The second-order valence-corrected chi connectivity index (χ2v) is 5.47. The molecule has 0 unspecified atom stereocenters. The van der Waals surface area contributed by atoms with Gasteiger partial charge in [0.15, 0.2) is 0 Å². The average Bonchev–Trinajstić information content (AvgIpc) is 2.45. The lowest BCUT2D eigenvalue weighted by atomic mass is 10.3. The standard InChI is InChI=1S/C16H16FNO2S/c1-12(19)18-13-5-4-6-14(11-13)20-9-10-21-16-8-3-2-7-15(16)17/h2-8,11H,9-10H2,1H3,(H,18,19). The molecule has 0 aliphatic carbocycles. The minimum Gasteiger partial charge on any atom is -0.493 e. The van der Waals surface area contributed by atoms with Crippen LogP contribution in [0.2, 0.25) is 0 Å². The molecule has 0 bridgehead atoms. The average molecular weight is 305 g/mol. The number of nitrogens with one attached hydrogen (secondary N) is 1. The number of anilines is 1. The number of thioether (sulfide) groups is 1. The van der Waals surface area contributed by atoms with E-state index in [0.717, 1.165) is 0 Å². The molecule has 0 saturated carbocycles. The lowest BCUT2D eigenvalue weighted by Gasteiger charge is -2.08. The summed E-state index contributed by atoms with van der Waals surface area (Å²) in [5, 5.41) is 2.70. The fourth-order valence-electron chi connectivity index (χ4n) is 1.74. The van der Waals surface area contributed by atoms with Crippen LogP contribution >= 0.6 is 11.8 Å². The molecular weight excluding hydrogens is 289 g/mol. The number of halogens is 1. The number of carbonyl (C=O) groups is 1. The summed E-state index contributed by atoms with van der Waals surface area (Å²) in [6, 6.07) is 13.9. The number of amides is 1. The highest BCUT2D eigenvalue weighted by Crippen LogP contribution is 2.22. The zero-order chi connectivity index (χ0) is 15.1. The van der Waals surface area contributed by atoms with Crippen LogP contribution in [-0.4, -0.2) is 18.3 Å². The molecule has 1 amide bonds. The third-order valence-corrected chi connectivity index (χ3v) is 3.61. The van der Waals surface area contributed by atoms with Gasteiger partial charge in [0, 0.05) is 29.3 Å². The van der Waals surface area contributed by atoms with E-state index >= 15 is 0 Å². The van der Waals surface area contributed by atoms with E-state index in [4.69, 9.17) is 4.74 Å². The van der Waals surface area contributed by atoms with Gasteiger partial charge in [0.05, 0.1) is 6.61 Å². The molecule has 5 heteroatoms. The van der Waals surface area contributed by atoms with Crippen molar-refractivity contribution < 1.29 is 13.9 Å². The molecule has 0 spiro atoms. The first-order valence-corrected chi connectivity index (χ1v) is 7.51. The van der Waals surface area contributed by atoms with Crippen LogP contribution in [0.4, 0.5) is 10.1 Å². The highest BCUT2D eigenvalue weighted by atomic mass is 32.2. The Balaban J connectivity index is 1.81. The van der Waals surface area contributed by atoms with Crippen molar-refractivity contribution in [2.24, 2.45) is 0 Å². The summed E-state index contributed by atoms with van der Waals surface area (Å²) >= 11 is 1.41. The van der Waals surface area contributed by atoms with Gasteiger partial charge in [-0.2, -0.15) is 0 Å². The normalized spacial score (nSPS) is 10.2. The van der Waals surface area contributed by atoms with E-state index < -0.39 is 0 Å².